The van der Waals surface area contributed by atoms with Gasteiger partial charge in [0.15, 0.2) is 11.5 Å². The third-order valence-corrected chi connectivity index (χ3v) is 10.2. The number of aromatic amines is 1. The van der Waals surface area contributed by atoms with E-state index >= 15 is 0 Å². The van der Waals surface area contributed by atoms with Gasteiger partial charge < -0.3 is 33.7 Å². The average molecular weight is 758 g/mol. The molecule has 288 valence electrons. The predicted molar refractivity (Wildman–Crippen MR) is 211 cm³/mol. The Balaban J connectivity index is 1.27. The molecule has 0 aliphatic carbocycles. The zero-order valence-corrected chi connectivity index (χ0v) is 32.9. The molecule has 0 spiro atoms. The number of aromatic nitrogens is 4. The number of rotatable bonds is 15. The molecule has 14 heteroatoms. The summed E-state index contributed by atoms with van der Waals surface area (Å²) in [5, 5.41) is 0. The lowest BCUT2D eigenvalue weighted by atomic mass is 10.1. The SMILES string of the molecule is CCCCOc1nc(N(Cc2ccc(OC)cc2)Cc2ccc(OC)cc2)c2[nH]c(=O)n(Cc3ccc(CN4CCN(C(=O)OC(C)(C)C)CC4)s3)c2n1. The number of piperazine rings is 1. The number of imidazole rings is 1. The minimum absolute atomic E-state index is 0.227. The summed E-state index contributed by atoms with van der Waals surface area (Å²) in [5.41, 5.74) is 2.34. The van der Waals surface area contributed by atoms with Crippen molar-refractivity contribution in [3.63, 3.8) is 0 Å². The number of nitrogens with zero attached hydrogens (tertiary/aromatic N) is 6. The van der Waals surface area contributed by atoms with E-state index in [-0.39, 0.29) is 17.8 Å². The molecular formula is C40H51N7O6S. The highest BCUT2D eigenvalue weighted by Crippen LogP contribution is 2.29. The Morgan fingerprint density at radius 3 is 2.00 bits per heavy atom. The van der Waals surface area contributed by atoms with Gasteiger partial charge in [-0.15, -0.1) is 11.3 Å². The molecular weight excluding hydrogens is 707 g/mol. The molecule has 1 N–H and O–H groups in total. The van der Waals surface area contributed by atoms with Gasteiger partial charge in [0.25, 0.3) is 0 Å². The first-order valence-corrected chi connectivity index (χ1v) is 19.3. The molecule has 1 saturated heterocycles. The summed E-state index contributed by atoms with van der Waals surface area (Å²) in [6, 6.07) is 20.3. The van der Waals surface area contributed by atoms with E-state index in [0.29, 0.717) is 56.3 Å². The highest BCUT2D eigenvalue weighted by atomic mass is 32.1. The smallest absolute Gasteiger partial charge is 0.410 e. The van der Waals surface area contributed by atoms with Gasteiger partial charge in [-0.2, -0.15) is 9.97 Å². The number of unbranched alkanes of at least 4 members (excludes halogenated alkanes) is 1. The van der Waals surface area contributed by atoms with Gasteiger partial charge in [-0.25, -0.2) is 9.59 Å². The topological polar surface area (TPSA) is 127 Å². The standard InChI is InChI=1S/C40H51N7O6S/c1-7-8-23-52-37-42-35(46(24-28-9-13-30(50-5)14-10-28)25-29-11-15-31(51-6)16-12-29)34-36(43-37)47(38(48)41-34)27-33-18-17-32(54-33)26-44-19-21-45(22-20-44)39(49)53-40(2,3)4/h9-18H,7-8,19-27H2,1-6H3,(H,41,48). The van der Waals surface area contributed by atoms with E-state index in [2.05, 4.69) is 33.8 Å². The Morgan fingerprint density at radius 1 is 0.852 bits per heavy atom. The molecule has 2 aromatic carbocycles. The average Bonchev–Trinajstić information content (AvgIpc) is 3.74. The number of anilines is 1. The van der Waals surface area contributed by atoms with Gasteiger partial charge >= 0.3 is 17.8 Å². The number of H-pyrrole nitrogens is 1. The Hall–Kier alpha value is -5.08. The second-order valence-electron chi connectivity index (χ2n) is 14.4. The Morgan fingerprint density at radius 2 is 1.44 bits per heavy atom. The van der Waals surface area contributed by atoms with Crippen molar-refractivity contribution in [1.29, 1.82) is 0 Å². The second kappa shape index (κ2) is 17.4. The monoisotopic (exact) mass is 757 g/mol. The van der Waals surface area contributed by atoms with Crippen LogP contribution in [0.2, 0.25) is 0 Å². The Labute approximate surface area is 320 Å². The molecule has 0 saturated carbocycles. The number of benzene rings is 2. The number of fused-ring (bicyclic) bond motifs is 1. The minimum Gasteiger partial charge on any atom is -0.497 e. The van der Waals surface area contributed by atoms with Crippen molar-refractivity contribution in [2.45, 2.75) is 72.3 Å². The van der Waals surface area contributed by atoms with Crippen LogP contribution in [0.3, 0.4) is 0 Å². The van der Waals surface area contributed by atoms with E-state index in [1.54, 1.807) is 35.0 Å². The first-order chi connectivity index (χ1) is 26.0. The summed E-state index contributed by atoms with van der Waals surface area (Å²) in [7, 11) is 3.30. The van der Waals surface area contributed by atoms with Crippen LogP contribution in [0.5, 0.6) is 17.5 Å². The summed E-state index contributed by atoms with van der Waals surface area (Å²) in [6.45, 7) is 13.1. The van der Waals surface area contributed by atoms with Gasteiger partial charge in [-0.1, -0.05) is 37.6 Å². The summed E-state index contributed by atoms with van der Waals surface area (Å²) in [5.74, 6) is 2.12. The first-order valence-electron chi connectivity index (χ1n) is 18.4. The lowest BCUT2D eigenvalue weighted by Gasteiger charge is -2.35. The molecule has 4 heterocycles. The fraction of sp³-hybridized carbons (Fsp3) is 0.450. The van der Waals surface area contributed by atoms with Crippen LogP contribution in [0.15, 0.2) is 65.5 Å². The number of hydrogen-bond acceptors (Lipinski definition) is 11. The molecule has 1 fully saturated rings. The van der Waals surface area contributed by atoms with Crippen molar-refractivity contribution in [1.82, 2.24) is 29.3 Å². The number of nitrogens with one attached hydrogen (secondary N) is 1. The number of amides is 1. The van der Waals surface area contributed by atoms with Gasteiger partial charge in [0, 0.05) is 55.6 Å². The molecule has 13 nitrogen and oxygen atoms in total. The largest absolute Gasteiger partial charge is 0.497 e. The van der Waals surface area contributed by atoms with E-state index in [9.17, 15) is 9.59 Å². The van der Waals surface area contributed by atoms with Crippen LogP contribution in [0.4, 0.5) is 10.6 Å². The van der Waals surface area contributed by atoms with Crippen molar-refractivity contribution >= 4 is 34.4 Å². The second-order valence-corrected chi connectivity index (χ2v) is 15.7. The van der Waals surface area contributed by atoms with Gasteiger partial charge in [0.05, 0.1) is 27.4 Å². The van der Waals surface area contributed by atoms with Crippen LogP contribution in [-0.4, -0.2) is 88.0 Å². The fourth-order valence-corrected chi connectivity index (χ4v) is 7.29. The van der Waals surface area contributed by atoms with Crippen LogP contribution >= 0.6 is 11.3 Å². The van der Waals surface area contributed by atoms with Gasteiger partial charge in [-0.3, -0.25) is 9.47 Å². The summed E-state index contributed by atoms with van der Waals surface area (Å²) in [6.07, 6.45) is 1.55. The molecule has 3 aromatic heterocycles. The van der Waals surface area contributed by atoms with Crippen LogP contribution in [0, 0.1) is 0 Å². The zero-order chi connectivity index (χ0) is 38.2. The highest BCUT2D eigenvalue weighted by Gasteiger charge is 2.26. The molecule has 5 aromatic rings. The van der Waals surface area contributed by atoms with Gasteiger partial charge in [-0.05, 0) is 74.7 Å². The quantitative estimate of drug-likeness (QED) is 0.116. The van der Waals surface area contributed by atoms with E-state index in [0.717, 1.165) is 60.0 Å². The molecule has 1 aliphatic rings. The molecule has 54 heavy (non-hydrogen) atoms. The number of hydrogen-bond donors (Lipinski definition) is 1. The number of ether oxygens (including phenoxy) is 4. The summed E-state index contributed by atoms with van der Waals surface area (Å²) in [4.78, 5) is 47.6. The predicted octanol–water partition coefficient (Wildman–Crippen LogP) is 6.69. The summed E-state index contributed by atoms with van der Waals surface area (Å²) < 4.78 is 24.1. The van der Waals surface area contributed by atoms with Crippen LogP contribution in [-0.2, 0) is 30.9 Å². The number of thiophene rings is 1. The maximum absolute atomic E-state index is 13.7. The minimum atomic E-state index is -0.514. The van der Waals surface area contributed by atoms with Crippen LogP contribution in [0.1, 0.15) is 61.4 Å². The Kier molecular flexibility index (Phi) is 12.4. The van der Waals surface area contributed by atoms with Crippen LogP contribution < -0.4 is 24.8 Å². The molecule has 0 atom stereocenters. The lowest BCUT2D eigenvalue weighted by molar-refractivity contribution is 0.0139. The molecule has 0 unspecified atom stereocenters. The van der Waals surface area contributed by atoms with Crippen molar-refractivity contribution < 1.29 is 23.7 Å². The van der Waals surface area contributed by atoms with Crippen molar-refractivity contribution in [3.8, 4) is 17.5 Å². The first kappa shape index (κ1) is 38.6. The maximum Gasteiger partial charge on any atom is 0.410 e. The third-order valence-electron chi connectivity index (χ3n) is 9.11. The van der Waals surface area contributed by atoms with Crippen LogP contribution in [0.25, 0.3) is 11.2 Å². The lowest BCUT2D eigenvalue weighted by Crippen LogP contribution is -2.49. The third kappa shape index (κ3) is 9.91. The number of carbonyl (C=O) groups excluding carboxylic acids is 1. The van der Waals surface area contributed by atoms with E-state index in [1.165, 1.54) is 4.88 Å². The van der Waals surface area contributed by atoms with Crippen molar-refractivity contribution in [2.75, 3.05) is 51.9 Å². The maximum atomic E-state index is 13.7. The zero-order valence-electron chi connectivity index (χ0n) is 32.1. The summed E-state index contributed by atoms with van der Waals surface area (Å²) >= 11 is 1.67. The fourth-order valence-electron chi connectivity index (χ4n) is 6.24. The van der Waals surface area contributed by atoms with Crippen molar-refractivity contribution in [2.24, 2.45) is 0 Å². The number of carbonyl (C=O) groups is 1. The van der Waals surface area contributed by atoms with E-state index in [1.807, 2.05) is 69.3 Å². The highest BCUT2D eigenvalue weighted by molar-refractivity contribution is 7.11. The van der Waals surface area contributed by atoms with E-state index < -0.39 is 5.60 Å². The normalized spacial score (nSPS) is 13.6. The molecule has 6 rings (SSSR count). The Bertz CT molecular complexity index is 1990. The van der Waals surface area contributed by atoms with Gasteiger partial charge in [0.2, 0.25) is 0 Å². The molecule has 1 amide bonds. The molecule has 0 bridgehead atoms. The molecule has 0 radical (unpaired) electrons. The van der Waals surface area contributed by atoms with Crippen molar-refractivity contribution in [3.05, 3.63) is 92.0 Å². The number of methoxy groups -OCH3 is 2. The van der Waals surface area contributed by atoms with E-state index in [4.69, 9.17) is 28.9 Å². The molecule has 1 aliphatic heterocycles. The van der Waals surface area contributed by atoms with Gasteiger partial charge in [0.1, 0.15) is 22.6 Å².